The zero-order chi connectivity index (χ0) is 30.7. The molecule has 4 aromatic rings. The largest absolute Gasteiger partial charge is 0.491 e. The van der Waals surface area contributed by atoms with Crippen LogP contribution in [0.25, 0.3) is 22.0 Å². The molecule has 0 amide bonds. The molecule has 2 aromatic carbocycles. The standard InChI is InChI=1S/C30H33N5O7S/c1-17(2)42-22-12-19(29(36)40-4)11-21(14-22)33-27-23-10-9-18(24-15-32-30(41-5)34-28(24)39-3)13-25(23)31-16-26(27)43(37,38)35-20-7-6-8-20/h9-17,20,35H,6-8H2,1-5H3,(H,31,33). The second kappa shape index (κ2) is 12.4. The Morgan fingerprint density at radius 1 is 1.00 bits per heavy atom. The molecule has 2 heterocycles. The van der Waals surface area contributed by atoms with E-state index in [1.165, 1.54) is 27.5 Å². The summed E-state index contributed by atoms with van der Waals surface area (Å²) in [7, 11) is 0.299. The first-order valence-electron chi connectivity index (χ1n) is 13.7. The van der Waals surface area contributed by atoms with Crippen LogP contribution in [0.4, 0.5) is 11.4 Å². The second-order valence-corrected chi connectivity index (χ2v) is 12.0. The lowest BCUT2D eigenvalue weighted by molar-refractivity contribution is 0.0600. The number of nitrogens with one attached hydrogen (secondary N) is 2. The minimum Gasteiger partial charge on any atom is -0.491 e. The van der Waals surface area contributed by atoms with Crippen LogP contribution in [0.2, 0.25) is 0 Å². The number of pyridine rings is 1. The number of carbonyl (C=O) groups excluding carboxylic acids is 1. The molecule has 2 aromatic heterocycles. The molecule has 0 saturated heterocycles. The molecule has 0 aliphatic heterocycles. The predicted octanol–water partition coefficient (Wildman–Crippen LogP) is 4.86. The number of aromatic nitrogens is 3. The molecule has 12 nitrogen and oxygen atoms in total. The minimum absolute atomic E-state index is 0.0280. The summed E-state index contributed by atoms with van der Waals surface area (Å²) in [6.45, 7) is 3.73. The van der Waals surface area contributed by atoms with Crippen LogP contribution in [0.3, 0.4) is 0 Å². The number of sulfonamides is 1. The van der Waals surface area contributed by atoms with E-state index in [1.807, 2.05) is 13.8 Å². The summed E-state index contributed by atoms with van der Waals surface area (Å²) < 4.78 is 51.4. The van der Waals surface area contributed by atoms with Crippen LogP contribution in [0.5, 0.6) is 17.6 Å². The van der Waals surface area contributed by atoms with Gasteiger partial charge in [-0.1, -0.05) is 18.6 Å². The molecule has 0 unspecified atom stereocenters. The minimum atomic E-state index is -3.96. The van der Waals surface area contributed by atoms with Gasteiger partial charge in [-0.05, 0) is 50.5 Å². The van der Waals surface area contributed by atoms with E-state index in [-0.39, 0.29) is 28.6 Å². The van der Waals surface area contributed by atoms with Crippen molar-refractivity contribution >= 4 is 38.3 Å². The van der Waals surface area contributed by atoms with Gasteiger partial charge in [-0.25, -0.2) is 22.9 Å². The Bertz CT molecular complexity index is 1770. The van der Waals surface area contributed by atoms with E-state index in [9.17, 15) is 13.2 Å². The smallest absolute Gasteiger partial charge is 0.338 e. The Hall–Kier alpha value is -4.49. The predicted molar refractivity (Wildman–Crippen MR) is 161 cm³/mol. The summed E-state index contributed by atoms with van der Waals surface area (Å²) in [5.41, 5.74) is 2.77. The molecule has 0 radical (unpaired) electrons. The molecule has 5 rings (SSSR count). The Labute approximate surface area is 249 Å². The van der Waals surface area contributed by atoms with Gasteiger partial charge in [0.15, 0.2) is 0 Å². The summed E-state index contributed by atoms with van der Waals surface area (Å²) in [4.78, 5) is 25.4. The number of rotatable bonds is 11. The topological polar surface area (TPSA) is 151 Å². The van der Waals surface area contributed by atoms with E-state index in [1.54, 1.807) is 42.6 Å². The number of carbonyl (C=O) groups is 1. The van der Waals surface area contributed by atoms with Crippen LogP contribution in [0.15, 0.2) is 53.7 Å². The second-order valence-electron chi connectivity index (χ2n) is 10.3. The van der Waals surface area contributed by atoms with Gasteiger partial charge in [-0.2, -0.15) is 4.98 Å². The van der Waals surface area contributed by atoms with Crippen LogP contribution in [-0.2, 0) is 14.8 Å². The van der Waals surface area contributed by atoms with Gasteiger partial charge in [-0.15, -0.1) is 0 Å². The van der Waals surface area contributed by atoms with Crippen molar-refractivity contribution in [3.05, 3.63) is 54.4 Å². The number of hydrogen-bond donors (Lipinski definition) is 2. The first-order valence-corrected chi connectivity index (χ1v) is 15.2. The van der Waals surface area contributed by atoms with Gasteiger partial charge in [0.2, 0.25) is 15.9 Å². The average Bonchev–Trinajstić information content (AvgIpc) is 2.97. The van der Waals surface area contributed by atoms with Crippen molar-refractivity contribution in [2.75, 3.05) is 26.6 Å². The molecule has 43 heavy (non-hydrogen) atoms. The van der Waals surface area contributed by atoms with Crippen molar-refractivity contribution in [1.82, 2.24) is 19.7 Å². The number of ether oxygens (including phenoxy) is 4. The molecule has 0 atom stereocenters. The number of fused-ring (bicyclic) bond motifs is 1. The van der Waals surface area contributed by atoms with Crippen molar-refractivity contribution in [2.24, 2.45) is 0 Å². The van der Waals surface area contributed by atoms with Gasteiger partial charge < -0.3 is 24.3 Å². The fraction of sp³-hybridized carbons (Fsp3) is 0.333. The normalized spacial score (nSPS) is 13.4. The lowest BCUT2D eigenvalue weighted by Crippen LogP contribution is -2.39. The van der Waals surface area contributed by atoms with Crippen molar-refractivity contribution in [2.45, 2.75) is 50.2 Å². The van der Waals surface area contributed by atoms with Gasteiger partial charge in [0.25, 0.3) is 0 Å². The zero-order valence-electron chi connectivity index (χ0n) is 24.5. The lowest BCUT2D eigenvalue weighted by Gasteiger charge is -2.27. The number of esters is 1. The molecule has 1 saturated carbocycles. The highest BCUT2D eigenvalue weighted by molar-refractivity contribution is 7.89. The van der Waals surface area contributed by atoms with Gasteiger partial charge in [0, 0.05) is 35.6 Å². The Morgan fingerprint density at radius 2 is 1.79 bits per heavy atom. The molecule has 13 heteroatoms. The number of nitrogens with zero attached hydrogens (tertiary/aromatic N) is 3. The van der Waals surface area contributed by atoms with Gasteiger partial charge in [-0.3, -0.25) is 4.98 Å². The maximum Gasteiger partial charge on any atom is 0.338 e. The SMILES string of the molecule is COC(=O)c1cc(Nc2c(S(=O)(=O)NC3CCC3)cnc3cc(-c4cnc(OC)nc4OC)ccc23)cc(OC(C)C)c1. The highest BCUT2D eigenvalue weighted by Crippen LogP contribution is 2.37. The van der Waals surface area contributed by atoms with Crippen molar-refractivity contribution < 1.29 is 32.2 Å². The molecule has 0 bridgehead atoms. The van der Waals surface area contributed by atoms with Gasteiger partial charge in [0.1, 0.15) is 10.6 Å². The van der Waals surface area contributed by atoms with Crippen LogP contribution >= 0.6 is 0 Å². The molecule has 0 spiro atoms. The Morgan fingerprint density at radius 3 is 2.44 bits per heavy atom. The quantitative estimate of drug-likeness (QED) is 0.225. The molecule has 2 N–H and O–H groups in total. The fourth-order valence-electron chi connectivity index (χ4n) is 4.68. The van der Waals surface area contributed by atoms with Gasteiger partial charge in [0.05, 0.1) is 49.8 Å². The van der Waals surface area contributed by atoms with E-state index >= 15 is 0 Å². The summed E-state index contributed by atoms with van der Waals surface area (Å²) in [5.74, 6) is 0.173. The summed E-state index contributed by atoms with van der Waals surface area (Å²) in [5, 5.41) is 3.78. The van der Waals surface area contributed by atoms with E-state index < -0.39 is 16.0 Å². The molecule has 1 aliphatic carbocycles. The van der Waals surface area contributed by atoms with Gasteiger partial charge >= 0.3 is 12.0 Å². The third kappa shape index (κ3) is 6.47. The van der Waals surface area contributed by atoms with Crippen molar-refractivity contribution in [3.8, 4) is 28.8 Å². The fourth-order valence-corrected chi connectivity index (χ4v) is 6.10. The van der Waals surface area contributed by atoms with E-state index in [2.05, 4.69) is 25.0 Å². The van der Waals surface area contributed by atoms with Crippen LogP contribution in [0.1, 0.15) is 43.5 Å². The number of methoxy groups -OCH3 is 3. The maximum atomic E-state index is 13.6. The lowest BCUT2D eigenvalue weighted by atomic mass is 9.94. The number of benzene rings is 2. The van der Waals surface area contributed by atoms with Crippen molar-refractivity contribution in [3.63, 3.8) is 0 Å². The highest BCUT2D eigenvalue weighted by Gasteiger charge is 2.28. The van der Waals surface area contributed by atoms with E-state index in [4.69, 9.17) is 18.9 Å². The summed E-state index contributed by atoms with van der Waals surface area (Å²) in [6.07, 6.45) is 5.26. The molecule has 1 fully saturated rings. The first-order chi connectivity index (χ1) is 20.6. The highest BCUT2D eigenvalue weighted by atomic mass is 32.2. The Kier molecular flexibility index (Phi) is 8.64. The maximum absolute atomic E-state index is 13.6. The van der Waals surface area contributed by atoms with Crippen LogP contribution in [-0.4, -0.2) is 62.8 Å². The molecule has 1 aliphatic rings. The summed E-state index contributed by atoms with van der Waals surface area (Å²) in [6, 6.07) is 10.2. The summed E-state index contributed by atoms with van der Waals surface area (Å²) >= 11 is 0. The Balaban J connectivity index is 1.66. The number of hydrogen-bond acceptors (Lipinski definition) is 11. The van der Waals surface area contributed by atoms with Crippen molar-refractivity contribution in [1.29, 1.82) is 0 Å². The van der Waals surface area contributed by atoms with Crippen LogP contribution in [0, 0.1) is 0 Å². The van der Waals surface area contributed by atoms with E-state index in [0.717, 1.165) is 19.3 Å². The average molecular weight is 608 g/mol. The monoisotopic (exact) mass is 607 g/mol. The molecular weight excluding hydrogens is 574 g/mol. The third-order valence-electron chi connectivity index (χ3n) is 6.94. The zero-order valence-corrected chi connectivity index (χ0v) is 25.3. The number of anilines is 2. The van der Waals surface area contributed by atoms with Crippen LogP contribution < -0.4 is 24.2 Å². The first kappa shape index (κ1) is 30.0. The van der Waals surface area contributed by atoms with E-state index in [0.29, 0.717) is 45.0 Å². The third-order valence-corrected chi connectivity index (χ3v) is 8.47. The molecular formula is C30H33N5O7S. The molecule has 226 valence electrons.